The van der Waals surface area contributed by atoms with Gasteiger partial charge in [-0.05, 0) is 34.6 Å². The van der Waals surface area contributed by atoms with Gasteiger partial charge in [-0.15, -0.1) is 9.24 Å². The molecule has 1 nitrogen and oxygen atoms in total. The molecule has 1 aromatic carbocycles. The SMILES string of the molecule is Pc1cccc(-c2ccncc2)c1. The van der Waals surface area contributed by atoms with Crippen molar-refractivity contribution in [2.75, 3.05) is 0 Å². The van der Waals surface area contributed by atoms with Gasteiger partial charge in [-0.3, -0.25) is 4.98 Å². The largest absolute Gasteiger partial charge is 0.265 e. The maximum atomic E-state index is 3.99. The number of hydrogen-bond donors (Lipinski definition) is 0. The van der Waals surface area contributed by atoms with Gasteiger partial charge in [-0.1, -0.05) is 18.2 Å². The van der Waals surface area contributed by atoms with Gasteiger partial charge in [0, 0.05) is 12.4 Å². The van der Waals surface area contributed by atoms with Gasteiger partial charge >= 0.3 is 0 Å². The second-order valence-electron chi connectivity index (χ2n) is 2.86. The van der Waals surface area contributed by atoms with Gasteiger partial charge in [0.2, 0.25) is 0 Å². The van der Waals surface area contributed by atoms with Crippen molar-refractivity contribution < 1.29 is 0 Å². The fourth-order valence-electron chi connectivity index (χ4n) is 1.26. The van der Waals surface area contributed by atoms with E-state index in [1.165, 1.54) is 16.4 Å². The summed E-state index contributed by atoms with van der Waals surface area (Å²) in [6.07, 6.45) is 3.62. The van der Waals surface area contributed by atoms with Crippen LogP contribution < -0.4 is 5.30 Å². The van der Waals surface area contributed by atoms with E-state index in [4.69, 9.17) is 0 Å². The first-order valence-corrected chi connectivity index (χ1v) is 4.70. The van der Waals surface area contributed by atoms with E-state index in [0.29, 0.717) is 0 Å². The van der Waals surface area contributed by atoms with E-state index >= 15 is 0 Å². The lowest BCUT2D eigenvalue weighted by atomic mass is 10.1. The van der Waals surface area contributed by atoms with Gasteiger partial charge in [0.1, 0.15) is 0 Å². The number of hydrogen-bond acceptors (Lipinski definition) is 1. The molecule has 0 amide bonds. The molecule has 0 bridgehead atoms. The summed E-state index contributed by atoms with van der Waals surface area (Å²) in [6, 6.07) is 12.4. The molecule has 2 aromatic rings. The molecule has 0 radical (unpaired) electrons. The Kier molecular flexibility index (Phi) is 2.37. The Morgan fingerprint density at radius 1 is 0.923 bits per heavy atom. The average Bonchev–Trinajstić information content (AvgIpc) is 2.19. The molecule has 0 aliphatic heterocycles. The Hall–Kier alpha value is -1.20. The monoisotopic (exact) mass is 187 g/mol. The van der Waals surface area contributed by atoms with E-state index in [2.05, 4.69) is 38.5 Å². The quantitative estimate of drug-likeness (QED) is 0.624. The highest BCUT2D eigenvalue weighted by molar-refractivity contribution is 7.27. The Labute approximate surface area is 80.0 Å². The number of rotatable bonds is 1. The van der Waals surface area contributed by atoms with Crippen LogP contribution in [0.2, 0.25) is 0 Å². The third-order valence-electron chi connectivity index (χ3n) is 1.90. The number of benzene rings is 1. The maximum absolute atomic E-state index is 3.99. The van der Waals surface area contributed by atoms with Crippen molar-refractivity contribution in [1.29, 1.82) is 0 Å². The summed E-state index contributed by atoms with van der Waals surface area (Å²) >= 11 is 0. The van der Waals surface area contributed by atoms with Crippen molar-refractivity contribution in [3.63, 3.8) is 0 Å². The smallest absolute Gasteiger partial charge is 0.0273 e. The molecular weight excluding hydrogens is 177 g/mol. The molecule has 1 atom stereocenters. The Morgan fingerprint density at radius 3 is 2.38 bits per heavy atom. The highest BCUT2D eigenvalue weighted by Gasteiger charge is 1.95. The fourth-order valence-corrected chi connectivity index (χ4v) is 1.55. The van der Waals surface area contributed by atoms with Crippen molar-refractivity contribution >= 4 is 14.5 Å². The highest BCUT2D eigenvalue weighted by atomic mass is 31.0. The van der Waals surface area contributed by atoms with Crippen molar-refractivity contribution in [2.24, 2.45) is 0 Å². The molecule has 0 fully saturated rings. The molecule has 1 aromatic heterocycles. The molecule has 1 unspecified atom stereocenters. The number of nitrogens with zero attached hydrogens (tertiary/aromatic N) is 1. The van der Waals surface area contributed by atoms with Crippen LogP contribution in [0.15, 0.2) is 48.8 Å². The van der Waals surface area contributed by atoms with Crippen LogP contribution in [-0.2, 0) is 0 Å². The molecule has 0 N–H and O–H groups in total. The summed E-state index contributed by atoms with van der Waals surface area (Å²) in [5, 5.41) is 1.20. The minimum absolute atomic E-state index is 1.20. The van der Waals surface area contributed by atoms with Crippen molar-refractivity contribution in [2.45, 2.75) is 0 Å². The van der Waals surface area contributed by atoms with Crippen LogP contribution in [0.3, 0.4) is 0 Å². The Bertz CT molecular complexity index is 398. The first-order valence-electron chi connectivity index (χ1n) is 4.12. The van der Waals surface area contributed by atoms with Crippen LogP contribution in [0.1, 0.15) is 0 Å². The zero-order chi connectivity index (χ0) is 9.10. The molecule has 2 heteroatoms. The summed E-state index contributed by atoms with van der Waals surface area (Å²) in [6.45, 7) is 0. The highest BCUT2D eigenvalue weighted by Crippen LogP contribution is 2.16. The molecule has 0 saturated heterocycles. The zero-order valence-corrected chi connectivity index (χ0v) is 8.30. The minimum atomic E-state index is 1.20. The lowest BCUT2D eigenvalue weighted by Gasteiger charge is -2.00. The van der Waals surface area contributed by atoms with E-state index < -0.39 is 0 Å². The van der Waals surface area contributed by atoms with Crippen molar-refractivity contribution in [3.05, 3.63) is 48.8 Å². The third-order valence-corrected chi connectivity index (χ3v) is 2.26. The lowest BCUT2D eigenvalue weighted by molar-refractivity contribution is 1.33. The van der Waals surface area contributed by atoms with Crippen LogP contribution in [0.25, 0.3) is 11.1 Å². The third kappa shape index (κ3) is 1.93. The van der Waals surface area contributed by atoms with E-state index in [-0.39, 0.29) is 0 Å². The summed E-state index contributed by atoms with van der Waals surface area (Å²) in [7, 11) is 2.70. The minimum Gasteiger partial charge on any atom is -0.265 e. The molecule has 64 valence electrons. The summed E-state index contributed by atoms with van der Waals surface area (Å²) in [5.41, 5.74) is 2.44. The first kappa shape index (κ1) is 8.40. The summed E-state index contributed by atoms with van der Waals surface area (Å²) in [4.78, 5) is 3.99. The van der Waals surface area contributed by atoms with Gasteiger partial charge in [0.15, 0.2) is 0 Å². The van der Waals surface area contributed by atoms with Crippen LogP contribution in [-0.4, -0.2) is 4.98 Å². The molecule has 13 heavy (non-hydrogen) atoms. The molecular formula is C11H10NP. The molecule has 1 heterocycles. The Morgan fingerprint density at radius 2 is 1.69 bits per heavy atom. The predicted molar refractivity (Wildman–Crippen MR) is 59.0 cm³/mol. The van der Waals surface area contributed by atoms with Crippen LogP contribution >= 0.6 is 9.24 Å². The van der Waals surface area contributed by atoms with Gasteiger partial charge in [-0.2, -0.15) is 0 Å². The predicted octanol–water partition coefficient (Wildman–Crippen LogP) is 2.25. The number of aromatic nitrogens is 1. The van der Waals surface area contributed by atoms with Gasteiger partial charge in [0.05, 0.1) is 0 Å². The average molecular weight is 187 g/mol. The van der Waals surface area contributed by atoms with Crippen molar-refractivity contribution in [3.8, 4) is 11.1 Å². The molecule has 0 aliphatic rings. The molecule has 0 spiro atoms. The van der Waals surface area contributed by atoms with Crippen LogP contribution in [0, 0.1) is 0 Å². The van der Waals surface area contributed by atoms with Gasteiger partial charge in [0.25, 0.3) is 0 Å². The molecule has 0 aliphatic carbocycles. The van der Waals surface area contributed by atoms with Crippen LogP contribution in [0.5, 0.6) is 0 Å². The maximum Gasteiger partial charge on any atom is 0.0273 e. The molecule has 2 rings (SSSR count). The second-order valence-corrected chi connectivity index (χ2v) is 3.53. The molecule has 0 saturated carbocycles. The summed E-state index contributed by atoms with van der Waals surface area (Å²) < 4.78 is 0. The summed E-state index contributed by atoms with van der Waals surface area (Å²) in [5.74, 6) is 0. The topological polar surface area (TPSA) is 12.9 Å². The van der Waals surface area contributed by atoms with Crippen molar-refractivity contribution in [1.82, 2.24) is 4.98 Å². The van der Waals surface area contributed by atoms with E-state index in [1.54, 1.807) is 0 Å². The lowest BCUT2D eigenvalue weighted by Crippen LogP contribution is -1.89. The fraction of sp³-hybridized carbons (Fsp3) is 0. The van der Waals surface area contributed by atoms with Gasteiger partial charge in [-0.25, -0.2) is 0 Å². The van der Waals surface area contributed by atoms with E-state index in [0.717, 1.165) is 0 Å². The second kappa shape index (κ2) is 3.68. The van der Waals surface area contributed by atoms with Gasteiger partial charge < -0.3 is 0 Å². The normalized spacial score (nSPS) is 9.92. The van der Waals surface area contributed by atoms with Crippen LogP contribution in [0.4, 0.5) is 0 Å². The zero-order valence-electron chi connectivity index (χ0n) is 7.14. The standard InChI is InChI=1S/C11H10NP/c13-11-3-1-2-10(8-11)9-4-6-12-7-5-9/h1-8H,13H2. The number of pyridine rings is 1. The Balaban J connectivity index is 2.48. The van der Waals surface area contributed by atoms with E-state index in [9.17, 15) is 0 Å². The van der Waals surface area contributed by atoms with E-state index in [1.807, 2.05) is 24.5 Å². The first-order chi connectivity index (χ1) is 6.36.